The van der Waals surface area contributed by atoms with Crippen molar-refractivity contribution in [3.05, 3.63) is 24.3 Å². The number of urea groups is 1. The van der Waals surface area contributed by atoms with Gasteiger partial charge in [0, 0.05) is 23.7 Å². The number of nitrogens with one attached hydrogen (secondary N) is 1. The van der Waals surface area contributed by atoms with E-state index < -0.39 is 11.9 Å². The van der Waals surface area contributed by atoms with Crippen molar-refractivity contribution in [1.82, 2.24) is 4.90 Å². The monoisotopic (exact) mass is 294 g/mol. The molecule has 0 aliphatic carbocycles. The first kappa shape index (κ1) is 14.7. The Labute approximate surface area is 122 Å². The molecule has 20 heavy (non-hydrogen) atoms. The molecule has 1 atom stereocenters. The van der Waals surface area contributed by atoms with E-state index in [4.69, 9.17) is 5.11 Å². The van der Waals surface area contributed by atoms with Crippen LogP contribution in [0.4, 0.5) is 10.5 Å². The molecule has 0 spiro atoms. The fourth-order valence-corrected chi connectivity index (χ4v) is 2.73. The Morgan fingerprint density at radius 1 is 1.45 bits per heavy atom. The van der Waals surface area contributed by atoms with Crippen LogP contribution in [0.3, 0.4) is 0 Å². The standard InChI is InChI=1S/C14H18N2O3S/c1-20-12-6-2-5-11(8-12)15-14(19)16-7-3-4-10(9-16)13(17)18/h2,5-6,8,10H,3-4,7,9H2,1H3,(H,15,19)(H,17,18)/t10-/m1/s1. The SMILES string of the molecule is CSc1cccc(NC(=O)N2CCC[C@@H](C(=O)O)C2)c1. The second kappa shape index (κ2) is 6.65. The third-order valence-corrected chi connectivity index (χ3v) is 4.10. The summed E-state index contributed by atoms with van der Waals surface area (Å²) in [6, 6.07) is 7.37. The normalized spacial score (nSPS) is 18.6. The number of carbonyl (C=O) groups is 2. The van der Waals surface area contributed by atoms with Crippen molar-refractivity contribution in [1.29, 1.82) is 0 Å². The lowest BCUT2D eigenvalue weighted by Crippen LogP contribution is -2.44. The van der Waals surface area contributed by atoms with Gasteiger partial charge in [-0.1, -0.05) is 6.07 Å². The Hall–Kier alpha value is -1.69. The van der Waals surface area contributed by atoms with Crippen LogP contribution < -0.4 is 5.32 Å². The first-order valence-corrected chi connectivity index (χ1v) is 7.75. The van der Waals surface area contributed by atoms with Crippen LogP contribution in [0, 0.1) is 5.92 Å². The molecule has 1 aromatic rings. The van der Waals surface area contributed by atoms with Crippen molar-refractivity contribution in [3.8, 4) is 0 Å². The van der Waals surface area contributed by atoms with Gasteiger partial charge in [0.2, 0.25) is 0 Å². The number of rotatable bonds is 3. The number of piperidine rings is 1. The summed E-state index contributed by atoms with van der Waals surface area (Å²) < 4.78 is 0. The fourth-order valence-electron chi connectivity index (χ4n) is 2.27. The molecule has 1 saturated heterocycles. The van der Waals surface area contributed by atoms with Gasteiger partial charge >= 0.3 is 12.0 Å². The highest BCUT2D eigenvalue weighted by molar-refractivity contribution is 7.98. The lowest BCUT2D eigenvalue weighted by Gasteiger charge is -2.30. The quantitative estimate of drug-likeness (QED) is 0.841. The van der Waals surface area contributed by atoms with Gasteiger partial charge in [0.15, 0.2) is 0 Å². The topological polar surface area (TPSA) is 69.6 Å². The van der Waals surface area contributed by atoms with E-state index in [2.05, 4.69) is 5.32 Å². The van der Waals surface area contributed by atoms with Gasteiger partial charge in [0.25, 0.3) is 0 Å². The van der Waals surface area contributed by atoms with Crippen LogP contribution in [0.5, 0.6) is 0 Å². The Kier molecular flexibility index (Phi) is 4.89. The van der Waals surface area contributed by atoms with Gasteiger partial charge in [-0.15, -0.1) is 11.8 Å². The summed E-state index contributed by atoms with van der Waals surface area (Å²) in [6.07, 6.45) is 3.35. The summed E-state index contributed by atoms with van der Waals surface area (Å²) in [5.74, 6) is -1.28. The molecule has 0 saturated carbocycles. The summed E-state index contributed by atoms with van der Waals surface area (Å²) in [5, 5.41) is 11.9. The smallest absolute Gasteiger partial charge is 0.321 e. The first-order valence-electron chi connectivity index (χ1n) is 6.53. The van der Waals surface area contributed by atoms with Gasteiger partial charge in [-0.05, 0) is 37.3 Å². The van der Waals surface area contributed by atoms with Crippen molar-refractivity contribution in [3.63, 3.8) is 0 Å². The van der Waals surface area contributed by atoms with Crippen molar-refractivity contribution in [2.75, 3.05) is 24.7 Å². The number of likely N-dealkylation sites (tertiary alicyclic amines) is 1. The largest absolute Gasteiger partial charge is 0.481 e. The van der Waals surface area contributed by atoms with E-state index in [0.29, 0.717) is 13.0 Å². The van der Waals surface area contributed by atoms with Gasteiger partial charge in [-0.25, -0.2) is 4.79 Å². The van der Waals surface area contributed by atoms with Crippen molar-refractivity contribution < 1.29 is 14.7 Å². The lowest BCUT2D eigenvalue weighted by molar-refractivity contribution is -0.143. The zero-order valence-electron chi connectivity index (χ0n) is 11.3. The molecule has 2 rings (SSSR count). The average Bonchev–Trinajstić information content (AvgIpc) is 2.47. The second-order valence-corrected chi connectivity index (χ2v) is 5.67. The van der Waals surface area contributed by atoms with E-state index >= 15 is 0 Å². The number of anilines is 1. The zero-order valence-corrected chi connectivity index (χ0v) is 12.2. The van der Waals surface area contributed by atoms with Gasteiger partial charge in [0.05, 0.1) is 5.92 Å². The molecule has 1 fully saturated rings. The third kappa shape index (κ3) is 3.66. The molecule has 2 N–H and O–H groups in total. The number of benzene rings is 1. The molecule has 6 heteroatoms. The minimum atomic E-state index is -0.827. The Balaban J connectivity index is 1.98. The summed E-state index contributed by atoms with van der Waals surface area (Å²) in [7, 11) is 0. The molecule has 1 aromatic carbocycles. The Bertz CT molecular complexity index is 507. The molecule has 108 valence electrons. The van der Waals surface area contributed by atoms with Crippen LogP contribution in [-0.4, -0.2) is 41.4 Å². The number of thioether (sulfide) groups is 1. The average molecular weight is 294 g/mol. The number of aliphatic carboxylic acids is 1. The summed E-state index contributed by atoms with van der Waals surface area (Å²) in [6.45, 7) is 0.890. The Morgan fingerprint density at radius 3 is 2.95 bits per heavy atom. The Morgan fingerprint density at radius 2 is 2.25 bits per heavy atom. The minimum Gasteiger partial charge on any atom is -0.481 e. The molecule has 2 amide bonds. The maximum Gasteiger partial charge on any atom is 0.321 e. The molecule has 0 aromatic heterocycles. The van der Waals surface area contributed by atoms with Gasteiger partial charge < -0.3 is 15.3 Å². The summed E-state index contributed by atoms with van der Waals surface area (Å²) in [4.78, 5) is 25.8. The van der Waals surface area contributed by atoms with Crippen LogP contribution in [0.25, 0.3) is 0 Å². The van der Waals surface area contributed by atoms with Crippen LogP contribution >= 0.6 is 11.8 Å². The van der Waals surface area contributed by atoms with E-state index in [9.17, 15) is 9.59 Å². The molecule has 1 aliphatic rings. The second-order valence-electron chi connectivity index (χ2n) is 4.79. The highest BCUT2D eigenvalue weighted by atomic mass is 32.2. The van der Waals surface area contributed by atoms with Gasteiger partial charge in [-0.2, -0.15) is 0 Å². The molecule has 0 bridgehead atoms. The predicted molar refractivity (Wildman–Crippen MR) is 79.2 cm³/mol. The van der Waals surface area contributed by atoms with Crippen molar-refractivity contribution in [2.24, 2.45) is 5.92 Å². The first-order chi connectivity index (χ1) is 9.60. The maximum absolute atomic E-state index is 12.2. The van der Waals surface area contributed by atoms with E-state index in [1.165, 1.54) is 0 Å². The van der Waals surface area contributed by atoms with Gasteiger partial charge in [0.1, 0.15) is 0 Å². The number of hydrogen-bond acceptors (Lipinski definition) is 3. The minimum absolute atomic E-state index is 0.228. The highest BCUT2D eigenvalue weighted by Crippen LogP contribution is 2.21. The maximum atomic E-state index is 12.2. The molecule has 0 unspecified atom stereocenters. The van der Waals surface area contributed by atoms with E-state index in [1.54, 1.807) is 16.7 Å². The lowest BCUT2D eigenvalue weighted by atomic mass is 9.99. The number of hydrogen-bond donors (Lipinski definition) is 2. The zero-order chi connectivity index (χ0) is 14.5. The van der Waals surface area contributed by atoms with E-state index in [-0.39, 0.29) is 12.6 Å². The van der Waals surface area contributed by atoms with Crippen molar-refractivity contribution >= 4 is 29.4 Å². The third-order valence-electron chi connectivity index (χ3n) is 3.38. The molecule has 0 radical (unpaired) electrons. The summed E-state index contributed by atoms with van der Waals surface area (Å²) >= 11 is 1.61. The van der Waals surface area contributed by atoms with E-state index in [1.807, 2.05) is 30.5 Å². The fraction of sp³-hybridized carbons (Fsp3) is 0.429. The summed E-state index contributed by atoms with van der Waals surface area (Å²) in [5.41, 5.74) is 0.735. The van der Waals surface area contributed by atoms with Crippen LogP contribution in [-0.2, 0) is 4.79 Å². The predicted octanol–water partition coefficient (Wildman–Crippen LogP) is 2.74. The van der Waals surface area contributed by atoms with Crippen LogP contribution in [0.1, 0.15) is 12.8 Å². The number of nitrogens with zero attached hydrogens (tertiary/aromatic N) is 1. The molecular formula is C14H18N2O3S. The number of carboxylic acid groups (broad SMARTS) is 1. The molecule has 1 aliphatic heterocycles. The van der Waals surface area contributed by atoms with Crippen LogP contribution in [0.15, 0.2) is 29.2 Å². The van der Waals surface area contributed by atoms with Gasteiger partial charge in [-0.3, -0.25) is 4.79 Å². The van der Waals surface area contributed by atoms with E-state index in [0.717, 1.165) is 17.0 Å². The molecule has 5 nitrogen and oxygen atoms in total. The number of carboxylic acids is 1. The van der Waals surface area contributed by atoms with Crippen LogP contribution in [0.2, 0.25) is 0 Å². The molecule has 1 heterocycles. The molecular weight excluding hydrogens is 276 g/mol. The van der Waals surface area contributed by atoms with Crippen molar-refractivity contribution in [2.45, 2.75) is 17.7 Å². The number of amides is 2. The highest BCUT2D eigenvalue weighted by Gasteiger charge is 2.28. The number of carbonyl (C=O) groups excluding carboxylic acids is 1.